The van der Waals surface area contributed by atoms with Gasteiger partial charge in [-0.05, 0) is 6.92 Å². The summed E-state index contributed by atoms with van der Waals surface area (Å²) in [6.07, 6.45) is 4.68. The van der Waals surface area contributed by atoms with E-state index in [0.29, 0.717) is 11.5 Å². The van der Waals surface area contributed by atoms with Crippen LogP contribution in [-0.4, -0.2) is 32.7 Å². The molecular weight excluding hydrogens is 232 g/mol. The van der Waals surface area contributed by atoms with E-state index >= 15 is 0 Å². The maximum Gasteiger partial charge on any atom is 0.223 e. The first kappa shape index (κ1) is 12.0. The zero-order valence-corrected chi connectivity index (χ0v) is 10.5. The Bertz CT molecular complexity index is 591. The third-order valence-electron chi connectivity index (χ3n) is 2.68. The predicted molar refractivity (Wildman–Crippen MR) is 67.4 cm³/mol. The first-order chi connectivity index (χ1) is 8.50. The van der Waals surface area contributed by atoms with Gasteiger partial charge in [0, 0.05) is 14.0 Å². The number of nitrogen functional groups attached to an aromatic ring is 1. The van der Waals surface area contributed by atoms with Crippen LogP contribution < -0.4 is 10.6 Å². The zero-order chi connectivity index (χ0) is 13.3. The summed E-state index contributed by atoms with van der Waals surface area (Å²) in [5.74, 6) is 0.277. The summed E-state index contributed by atoms with van der Waals surface area (Å²) in [5, 5.41) is 4.31. The molecule has 1 amide bonds. The van der Waals surface area contributed by atoms with Crippen LogP contribution in [0.3, 0.4) is 0 Å². The molecule has 0 saturated carbocycles. The molecule has 2 N–H and O–H groups in total. The SMILES string of the molecule is CC(=O)N(C)c1cn(-c2cncnc2N)nc1C. The van der Waals surface area contributed by atoms with Gasteiger partial charge in [0.25, 0.3) is 0 Å². The summed E-state index contributed by atoms with van der Waals surface area (Å²) >= 11 is 0. The molecule has 0 aliphatic rings. The van der Waals surface area contributed by atoms with Gasteiger partial charge in [0.15, 0.2) is 5.82 Å². The van der Waals surface area contributed by atoms with Crippen molar-refractivity contribution < 1.29 is 4.79 Å². The molecule has 0 fully saturated rings. The molecule has 2 aromatic rings. The van der Waals surface area contributed by atoms with Gasteiger partial charge in [0.1, 0.15) is 12.0 Å². The molecule has 18 heavy (non-hydrogen) atoms. The number of nitrogens with zero attached hydrogens (tertiary/aromatic N) is 5. The van der Waals surface area contributed by atoms with Gasteiger partial charge < -0.3 is 10.6 Å². The van der Waals surface area contributed by atoms with Gasteiger partial charge in [0.05, 0.1) is 23.8 Å². The number of carbonyl (C=O) groups is 1. The van der Waals surface area contributed by atoms with Gasteiger partial charge in [-0.25, -0.2) is 14.6 Å². The molecule has 7 nitrogen and oxygen atoms in total. The third-order valence-corrected chi connectivity index (χ3v) is 2.68. The topological polar surface area (TPSA) is 89.9 Å². The number of carbonyl (C=O) groups excluding carboxylic acids is 1. The van der Waals surface area contributed by atoms with E-state index < -0.39 is 0 Å². The lowest BCUT2D eigenvalue weighted by Gasteiger charge is -2.12. The molecule has 94 valence electrons. The number of aryl methyl sites for hydroxylation is 1. The Balaban J connectivity index is 2.47. The largest absolute Gasteiger partial charge is 0.382 e. The quantitative estimate of drug-likeness (QED) is 0.835. The Hall–Kier alpha value is -2.44. The molecule has 0 unspecified atom stereocenters. The maximum atomic E-state index is 11.3. The van der Waals surface area contributed by atoms with E-state index in [9.17, 15) is 4.79 Å². The second kappa shape index (κ2) is 4.44. The zero-order valence-electron chi connectivity index (χ0n) is 10.5. The van der Waals surface area contributed by atoms with E-state index in [1.54, 1.807) is 24.1 Å². The standard InChI is InChI=1S/C11H14N6O/c1-7-10(16(3)8(2)18)5-17(15-7)9-4-13-6-14-11(9)12/h4-6H,1-3H3,(H2,12,13,14). The number of nitrogens with two attached hydrogens (primary N) is 1. The highest BCUT2D eigenvalue weighted by Gasteiger charge is 2.14. The Morgan fingerprint density at radius 1 is 1.50 bits per heavy atom. The highest BCUT2D eigenvalue weighted by atomic mass is 16.2. The van der Waals surface area contributed by atoms with Crippen LogP contribution in [0.2, 0.25) is 0 Å². The van der Waals surface area contributed by atoms with E-state index in [2.05, 4.69) is 15.1 Å². The van der Waals surface area contributed by atoms with E-state index in [1.807, 2.05) is 6.92 Å². The molecule has 0 bridgehead atoms. The third kappa shape index (κ3) is 2.02. The Morgan fingerprint density at radius 3 is 2.83 bits per heavy atom. The maximum absolute atomic E-state index is 11.3. The molecule has 0 atom stereocenters. The molecule has 0 saturated heterocycles. The lowest BCUT2D eigenvalue weighted by Crippen LogP contribution is -2.23. The summed E-state index contributed by atoms with van der Waals surface area (Å²) in [6.45, 7) is 3.32. The lowest BCUT2D eigenvalue weighted by molar-refractivity contribution is -0.116. The van der Waals surface area contributed by atoms with Crippen LogP contribution in [-0.2, 0) is 4.79 Å². The van der Waals surface area contributed by atoms with E-state index in [-0.39, 0.29) is 5.91 Å². The summed E-state index contributed by atoms with van der Waals surface area (Å²) < 4.78 is 1.57. The molecule has 0 aliphatic carbocycles. The Morgan fingerprint density at radius 2 is 2.22 bits per heavy atom. The van der Waals surface area contributed by atoms with Gasteiger partial charge in [-0.15, -0.1) is 0 Å². The van der Waals surface area contributed by atoms with Crippen molar-refractivity contribution in [1.29, 1.82) is 0 Å². The fourth-order valence-electron chi connectivity index (χ4n) is 1.58. The summed E-state index contributed by atoms with van der Waals surface area (Å²) in [4.78, 5) is 20.7. The first-order valence-electron chi connectivity index (χ1n) is 5.37. The molecule has 2 heterocycles. The van der Waals surface area contributed by atoms with Crippen LogP contribution >= 0.6 is 0 Å². The van der Waals surface area contributed by atoms with Crippen molar-refractivity contribution in [3.63, 3.8) is 0 Å². The van der Waals surface area contributed by atoms with Crippen LogP contribution in [0.15, 0.2) is 18.7 Å². The number of anilines is 2. The van der Waals surface area contributed by atoms with E-state index in [4.69, 9.17) is 5.73 Å². The minimum atomic E-state index is -0.0602. The van der Waals surface area contributed by atoms with E-state index in [1.165, 1.54) is 18.2 Å². The van der Waals surface area contributed by atoms with Crippen molar-refractivity contribution in [2.75, 3.05) is 17.7 Å². The molecule has 0 aromatic carbocycles. The van der Waals surface area contributed by atoms with Crippen molar-refractivity contribution in [3.8, 4) is 5.69 Å². The highest BCUT2D eigenvalue weighted by molar-refractivity contribution is 5.91. The molecular formula is C11H14N6O. The molecule has 2 rings (SSSR count). The average molecular weight is 246 g/mol. The highest BCUT2D eigenvalue weighted by Crippen LogP contribution is 2.21. The van der Waals surface area contributed by atoms with Crippen LogP contribution in [0.25, 0.3) is 5.69 Å². The van der Waals surface area contributed by atoms with Crippen molar-refractivity contribution in [2.24, 2.45) is 0 Å². The minimum absolute atomic E-state index is 0.0602. The van der Waals surface area contributed by atoms with Crippen LogP contribution in [0, 0.1) is 6.92 Å². The smallest absolute Gasteiger partial charge is 0.223 e. The second-order valence-electron chi connectivity index (χ2n) is 3.92. The van der Waals surface area contributed by atoms with Crippen LogP contribution in [0.1, 0.15) is 12.6 Å². The van der Waals surface area contributed by atoms with Gasteiger partial charge in [0.2, 0.25) is 5.91 Å². The normalized spacial score (nSPS) is 10.4. The monoisotopic (exact) mass is 246 g/mol. The number of amides is 1. The number of hydrogen-bond acceptors (Lipinski definition) is 5. The van der Waals surface area contributed by atoms with Crippen molar-refractivity contribution in [1.82, 2.24) is 19.7 Å². The molecule has 7 heteroatoms. The van der Waals surface area contributed by atoms with Crippen LogP contribution in [0.5, 0.6) is 0 Å². The first-order valence-corrected chi connectivity index (χ1v) is 5.37. The van der Waals surface area contributed by atoms with Crippen molar-refractivity contribution in [3.05, 3.63) is 24.4 Å². The molecule has 0 aliphatic heterocycles. The Kier molecular flexibility index (Phi) is 2.97. The fraction of sp³-hybridized carbons (Fsp3) is 0.273. The summed E-state index contributed by atoms with van der Waals surface area (Å²) in [7, 11) is 1.70. The molecule has 2 aromatic heterocycles. The van der Waals surface area contributed by atoms with Crippen molar-refractivity contribution >= 4 is 17.4 Å². The van der Waals surface area contributed by atoms with Gasteiger partial charge in [-0.2, -0.15) is 5.10 Å². The summed E-state index contributed by atoms with van der Waals surface area (Å²) in [5.41, 5.74) is 7.80. The van der Waals surface area contributed by atoms with E-state index in [0.717, 1.165) is 11.4 Å². The average Bonchev–Trinajstić information content (AvgIpc) is 2.70. The minimum Gasteiger partial charge on any atom is -0.382 e. The van der Waals surface area contributed by atoms with Gasteiger partial charge >= 0.3 is 0 Å². The number of aromatic nitrogens is 4. The van der Waals surface area contributed by atoms with Gasteiger partial charge in [-0.1, -0.05) is 0 Å². The molecule has 0 spiro atoms. The molecule has 0 radical (unpaired) electrons. The summed E-state index contributed by atoms with van der Waals surface area (Å²) in [6, 6.07) is 0. The van der Waals surface area contributed by atoms with Crippen LogP contribution in [0.4, 0.5) is 11.5 Å². The number of rotatable bonds is 2. The van der Waals surface area contributed by atoms with Gasteiger partial charge in [-0.3, -0.25) is 4.79 Å². The predicted octanol–water partition coefficient (Wildman–Crippen LogP) is 0.536. The fourth-order valence-corrected chi connectivity index (χ4v) is 1.58. The Labute approximate surface area is 104 Å². The van der Waals surface area contributed by atoms with Crippen molar-refractivity contribution in [2.45, 2.75) is 13.8 Å². The number of hydrogen-bond donors (Lipinski definition) is 1. The second-order valence-corrected chi connectivity index (χ2v) is 3.92. The lowest BCUT2D eigenvalue weighted by atomic mass is 10.3.